The van der Waals surface area contributed by atoms with Gasteiger partial charge >= 0.3 is 17.9 Å². The van der Waals surface area contributed by atoms with E-state index < -0.39 is 23.8 Å². The van der Waals surface area contributed by atoms with Crippen molar-refractivity contribution >= 4 is 29.5 Å². The van der Waals surface area contributed by atoms with E-state index >= 15 is 0 Å². The van der Waals surface area contributed by atoms with E-state index in [9.17, 15) is 19.2 Å². The predicted octanol–water partition coefficient (Wildman–Crippen LogP) is 1.18. The number of nitrogens with zero attached hydrogens (tertiary/aromatic N) is 2. The summed E-state index contributed by atoms with van der Waals surface area (Å²) in [5.41, 5.74) is 0.289. The van der Waals surface area contributed by atoms with Gasteiger partial charge in [-0.05, 0) is 24.3 Å². The second-order valence-corrected chi connectivity index (χ2v) is 5.33. The molecule has 0 aliphatic carbocycles. The molecule has 0 radical (unpaired) electrons. The zero-order chi connectivity index (χ0) is 20.0. The van der Waals surface area contributed by atoms with E-state index in [1.807, 2.05) is 0 Å². The fourth-order valence-electron chi connectivity index (χ4n) is 2.29. The molecule has 0 aliphatic heterocycles. The average Bonchev–Trinajstić information content (AvgIpc) is 3.13. The topological polar surface area (TPSA) is 137 Å². The summed E-state index contributed by atoms with van der Waals surface area (Å²) in [6, 6.07) is 5.32. The maximum absolute atomic E-state index is 12.2. The highest BCUT2D eigenvalue weighted by Gasteiger charge is 2.16. The molecule has 0 saturated carbocycles. The number of carbonyl (C=O) groups excluding carboxylic acids is 3. The number of esters is 2. The van der Waals surface area contributed by atoms with Gasteiger partial charge in [0.2, 0.25) is 5.91 Å². The highest BCUT2D eigenvalue weighted by Crippen LogP contribution is 2.17. The molecule has 2 aromatic rings. The van der Waals surface area contributed by atoms with Crippen LogP contribution in [0.1, 0.15) is 37.6 Å². The standard InChI is InChI=1S/C17H17N3O7/c1-26-16(24)10-7-11(17(25)27-2)9-12(8-10)19-14(21)4-6-20-13(15(22)23)3-5-18-20/h3,5,7-9H,4,6H2,1-2H3,(H,19,21)(H,22,23). The molecule has 0 spiro atoms. The number of aromatic carboxylic acids is 1. The lowest BCUT2D eigenvalue weighted by molar-refractivity contribution is -0.116. The van der Waals surface area contributed by atoms with E-state index in [1.165, 1.54) is 49.4 Å². The lowest BCUT2D eigenvalue weighted by Crippen LogP contribution is -2.18. The van der Waals surface area contributed by atoms with Gasteiger partial charge in [0.05, 0.1) is 31.9 Å². The molecule has 1 aromatic carbocycles. The minimum Gasteiger partial charge on any atom is -0.477 e. The zero-order valence-electron chi connectivity index (χ0n) is 14.6. The highest BCUT2D eigenvalue weighted by atomic mass is 16.5. The van der Waals surface area contributed by atoms with Gasteiger partial charge in [-0.2, -0.15) is 5.10 Å². The quantitative estimate of drug-likeness (QED) is 0.688. The number of rotatable bonds is 7. The molecule has 27 heavy (non-hydrogen) atoms. The largest absolute Gasteiger partial charge is 0.477 e. The van der Waals surface area contributed by atoms with Crippen LogP contribution in [0.25, 0.3) is 0 Å². The van der Waals surface area contributed by atoms with Crippen LogP contribution in [0.15, 0.2) is 30.5 Å². The first-order valence-electron chi connectivity index (χ1n) is 7.72. The van der Waals surface area contributed by atoms with Crippen LogP contribution in [0.3, 0.4) is 0 Å². The van der Waals surface area contributed by atoms with Crippen LogP contribution in [0.2, 0.25) is 0 Å². The Morgan fingerprint density at radius 1 is 1.07 bits per heavy atom. The molecular formula is C17H17N3O7. The minimum absolute atomic E-state index is 0.0385. The molecule has 0 aliphatic rings. The molecule has 10 heteroatoms. The molecule has 2 rings (SSSR count). The van der Waals surface area contributed by atoms with Crippen molar-refractivity contribution in [1.82, 2.24) is 9.78 Å². The third-order valence-electron chi connectivity index (χ3n) is 3.55. The summed E-state index contributed by atoms with van der Waals surface area (Å²) in [6.07, 6.45) is 1.25. The third kappa shape index (κ3) is 4.91. The number of nitrogens with one attached hydrogen (secondary N) is 1. The summed E-state index contributed by atoms with van der Waals surface area (Å²) in [7, 11) is 2.38. The number of ether oxygens (including phenoxy) is 2. The Balaban J connectivity index is 2.14. The van der Waals surface area contributed by atoms with Crippen molar-refractivity contribution in [3.8, 4) is 0 Å². The first-order valence-corrected chi connectivity index (χ1v) is 7.72. The van der Waals surface area contributed by atoms with E-state index in [2.05, 4.69) is 19.9 Å². The van der Waals surface area contributed by atoms with Crippen molar-refractivity contribution in [2.24, 2.45) is 0 Å². The second-order valence-electron chi connectivity index (χ2n) is 5.33. The van der Waals surface area contributed by atoms with E-state index in [1.54, 1.807) is 0 Å². The maximum Gasteiger partial charge on any atom is 0.354 e. The van der Waals surface area contributed by atoms with Crippen LogP contribution in [0, 0.1) is 0 Å². The molecule has 1 amide bonds. The minimum atomic E-state index is -1.15. The van der Waals surface area contributed by atoms with Gasteiger partial charge in [-0.15, -0.1) is 0 Å². The van der Waals surface area contributed by atoms with Gasteiger partial charge < -0.3 is 19.9 Å². The normalized spacial score (nSPS) is 10.1. The van der Waals surface area contributed by atoms with Gasteiger partial charge in [-0.25, -0.2) is 14.4 Å². The summed E-state index contributed by atoms with van der Waals surface area (Å²) in [5.74, 6) is -2.97. The van der Waals surface area contributed by atoms with E-state index in [0.29, 0.717) is 0 Å². The number of anilines is 1. The zero-order valence-corrected chi connectivity index (χ0v) is 14.6. The summed E-state index contributed by atoms with van der Waals surface area (Å²) in [5, 5.41) is 15.4. The SMILES string of the molecule is COC(=O)c1cc(NC(=O)CCn2nccc2C(=O)O)cc(C(=O)OC)c1. The number of carboxylic acid groups (broad SMARTS) is 1. The summed E-state index contributed by atoms with van der Waals surface area (Å²) in [6.45, 7) is 0.0427. The molecule has 2 N–H and O–H groups in total. The molecule has 0 bridgehead atoms. The lowest BCUT2D eigenvalue weighted by atomic mass is 10.1. The van der Waals surface area contributed by atoms with Gasteiger partial charge in [0, 0.05) is 18.3 Å². The Labute approximate surface area is 153 Å². The number of aromatic nitrogens is 2. The maximum atomic E-state index is 12.2. The van der Waals surface area contributed by atoms with Crippen LogP contribution < -0.4 is 5.32 Å². The first-order chi connectivity index (χ1) is 12.8. The van der Waals surface area contributed by atoms with Crippen molar-refractivity contribution in [3.05, 3.63) is 47.3 Å². The first kappa shape index (κ1) is 19.6. The third-order valence-corrected chi connectivity index (χ3v) is 3.55. The monoisotopic (exact) mass is 375 g/mol. The molecular weight excluding hydrogens is 358 g/mol. The van der Waals surface area contributed by atoms with Gasteiger partial charge in [0.1, 0.15) is 5.69 Å². The Hall–Kier alpha value is -3.69. The van der Waals surface area contributed by atoms with Crippen molar-refractivity contribution in [2.45, 2.75) is 13.0 Å². The van der Waals surface area contributed by atoms with Gasteiger partial charge in [-0.3, -0.25) is 9.48 Å². The van der Waals surface area contributed by atoms with Crippen LogP contribution in [0.5, 0.6) is 0 Å². The molecule has 0 fully saturated rings. The molecule has 0 atom stereocenters. The molecule has 1 heterocycles. The fraction of sp³-hybridized carbons (Fsp3) is 0.235. The van der Waals surface area contributed by atoms with Crippen molar-refractivity contribution in [3.63, 3.8) is 0 Å². The van der Waals surface area contributed by atoms with E-state index in [-0.39, 0.29) is 35.5 Å². The van der Waals surface area contributed by atoms with Crippen LogP contribution >= 0.6 is 0 Å². The van der Waals surface area contributed by atoms with Gasteiger partial charge in [-0.1, -0.05) is 0 Å². The van der Waals surface area contributed by atoms with Crippen molar-refractivity contribution in [1.29, 1.82) is 0 Å². The van der Waals surface area contributed by atoms with E-state index in [0.717, 1.165) is 0 Å². The second kappa shape index (κ2) is 8.61. The van der Waals surface area contributed by atoms with E-state index in [4.69, 9.17) is 5.11 Å². The number of aryl methyl sites for hydroxylation is 1. The highest BCUT2D eigenvalue weighted by molar-refractivity contribution is 5.99. The molecule has 142 valence electrons. The molecule has 0 unspecified atom stereocenters. The Morgan fingerprint density at radius 2 is 1.67 bits per heavy atom. The van der Waals surface area contributed by atoms with Crippen LogP contribution in [-0.2, 0) is 20.8 Å². The number of methoxy groups -OCH3 is 2. The Bertz CT molecular complexity index is 854. The molecule has 1 aromatic heterocycles. The number of hydrogen-bond donors (Lipinski definition) is 2. The molecule has 0 saturated heterocycles. The lowest BCUT2D eigenvalue weighted by Gasteiger charge is -2.10. The fourth-order valence-corrected chi connectivity index (χ4v) is 2.29. The average molecular weight is 375 g/mol. The molecule has 10 nitrogen and oxygen atoms in total. The van der Waals surface area contributed by atoms with Crippen molar-refractivity contribution in [2.75, 3.05) is 19.5 Å². The van der Waals surface area contributed by atoms with Crippen LogP contribution in [0.4, 0.5) is 5.69 Å². The number of hydrogen-bond acceptors (Lipinski definition) is 7. The number of amides is 1. The summed E-state index contributed by atoms with van der Waals surface area (Å²) < 4.78 is 10.4. The summed E-state index contributed by atoms with van der Waals surface area (Å²) in [4.78, 5) is 46.7. The Kier molecular flexibility index (Phi) is 6.26. The summed E-state index contributed by atoms with van der Waals surface area (Å²) >= 11 is 0. The Morgan fingerprint density at radius 3 is 2.19 bits per heavy atom. The smallest absolute Gasteiger partial charge is 0.354 e. The van der Waals surface area contributed by atoms with Crippen LogP contribution in [-0.4, -0.2) is 52.9 Å². The van der Waals surface area contributed by atoms with Crippen molar-refractivity contribution < 1.29 is 33.8 Å². The number of carboxylic acids is 1. The predicted molar refractivity (Wildman–Crippen MR) is 91.6 cm³/mol. The van der Waals surface area contributed by atoms with Gasteiger partial charge in [0.25, 0.3) is 0 Å². The van der Waals surface area contributed by atoms with Gasteiger partial charge in [0.15, 0.2) is 0 Å². The number of benzene rings is 1. The number of carbonyl (C=O) groups is 4.